The summed E-state index contributed by atoms with van der Waals surface area (Å²) < 4.78 is 5.08. The molecule has 1 aromatic heterocycles. The highest BCUT2D eigenvalue weighted by atomic mass is 127. The first kappa shape index (κ1) is 22.0. The second kappa shape index (κ2) is 11.5. The van der Waals surface area contributed by atoms with Gasteiger partial charge in [-0.3, -0.25) is 0 Å². The molecule has 2 heterocycles. The minimum absolute atomic E-state index is 0. The standard InChI is InChI=1S/C18H31N5O.HI/c1-5-19-18(21-13-15-6-7-17(24-4)20-12-15)22-16-8-10-23(11-9-16)14(2)3;/h6-7,12,14,16H,5,8-11,13H2,1-4H3,(H2,19,21,22);1H. The SMILES string of the molecule is CCNC(=NCc1ccc(OC)nc1)NC1CCN(C(C)C)CC1.I. The molecule has 0 atom stereocenters. The van der Waals surface area contributed by atoms with Gasteiger partial charge in [0.1, 0.15) is 0 Å². The molecule has 0 aromatic carbocycles. The van der Waals surface area contributed by atoms with Crippen LogP contribution in [0.25, 0.3) is 0 Å². The van der Waals surface area contributed by atoms with Crippen LogP contribution in [0, 0.1) is 0 Å². The van der Waals surface area contributed by atoms with E-state index in [9.17, 15) is 0 Å². The fraction of sp³-hybridized carbons (Fsp3) is 0.667. The van der Waals surface area contributed by atoms with Crippen LogP contribution >= 0.6 is 24.0 Å². The summed E-state index contributed by atoms with van der Waals surface area (Å²) in [6.45, 7) is 10.4. The van der Waals surface area contributed by atoms with Crippen molar-refractivity contribution in [2.45, 2.75) is 52.2 Å². The smallest absolute Gasteiger partial charge is 0.212 e. The largest absolute Gasteiger partial charge is 0.481 e. The molecule has 2 rings (SSSR count). The van der Waals surface area contributed by atoms with E-state index in [-0.39, 0.29) is 24.0 Å². The summed E-state index contributed by atoms with van der Waals surface area (Å²) in [7, 11) is 1.62. The third kappa shape index (κ3) is 7.35. The van der Waals surface area contributed by atoms with Crippen molar-refractivity contribution in [3.63, 3.8) is 0 Å². The van der Waals surface area contributed by atoms with E-state index in [4.69, 9.17) is 4.74 Å². The number of aliphatic imine (C=N–C) groups is 1. The lowest BCUT2D eigenvalue weighted by Crippen LogP contribution is -2.49. The fourth-order valence-corrected chi connectivity index (χ4v) is 2.87. The Kier molecular flexibility index (Phi) is 10.1. The quantitative estimate of drug-likeness (QED) is 0.388. The van der Waals surface area contributed by atoms with E-state index in [0.717, 1.165) is 44.0 Å². The van der Waals surface area contributed by atoms with Gasteiger partial charge in [0, 0.05) is 44.0 Å². The van der Waals surface area contributed by atoms with Crippen molar-refractivity contribution in [2.75, 3.05) is 26.7 Å². The molecule has 1 saturated heterocycles. The maximum atomic E-state index is 5.08. The van der Waals surface area contributed by atoms with Crippen molar-refractivity contribution < 1.29 is 4.74 Å². The van der Waals surface area contributed by atoms with Crippen LogP contribution in [0.5, 0.6) is 5.88 Å². The topological polar surface area (TPSA) is 61.8 Å². The molecule has 6 nitrogen and oxygen atoms in total. The molecular weight excluding hydrogens is 429 g/mol. The van der Waals surface area contributed by atoms with Crippen LogP contribution in [0.3, 0.4) is 0 Å². The highest BCUT2D eigenvalue weighted by molar-refractivity contribution is 14.0. The Labute approximate surface area is 168 Å². The molecule has 1 aliphatic rings. The van der Waals surface area contributed by atoms with Gasteiger partial charge in [0.15, 0.2) is 5.96 Å². The Bertz CT molecular complexity index is 513. The van der Waals surface area contributed by atoms with Gasteiger partial charge in [-0.1, -0.05) is 6.07 Å². The molecule has 0 unspecified atom stereocenters. The van der Waals surface area contributed by atoms with Gasteiger partial charge in [0.2, 0.25) is 5.88 Å². The normalized spacial score (nSPS) is 16.4. The van der Waals surface area contributed by atoms with Crippen molar-refractivity contribution in [2.24, 2.45) is 4.99 Å². The van der Waals surface area contributed by atoms with Gasteiger partial charge in [-0.2, -0.15) is 0 Å². The number of hydrogen-bond donors (Lipinski definition) is 2. The lowest BCUT2D eigenvalue weighted by Gasteiger charge is -2.35. The van der Waals surface area contributed by atoms with Crippen molar-refractivity contribution in [1.82, 2.24) is 20.5 Å². The van der Waals surface area contributed by atoms with Crippen molar-refractivity contribution in [3.05, 3.63) is 23.9 Å². The molecule has 2 N–H and O–H groups in total. The molecule has 25 heavy (non-hydrogen) atoms. The zero-order valence-corrected chi connectivity index (χ0v) is 18.1. The van der Waals surface area contributed by atoms with Crippen molar-refractivity contribution in [3.8, 4) is 5.88 Å². The minimum atomic E-state index is 0. The van der Waals surface area contributed by atoms with Crippen LogP contribution < -0.4 is 15.4 Å². The Morgan fingerprint density at radius 2 is 2.08 bits per heavy atom. The molecule has 142 valence electrons. The lowest BCUT2D eigenvalue weighted by molar-refractivity contribution is 0.167. The number of ether oxygens (including phenoxy) is 1. The lowest BCUT2D eigenvalue weighted by atomic mass is 10.0. The van der Waals surface area contributed by atoms with Gasteiger partial charge in [0.05, 0.1) is 13.7 Å². The highest BCUT2D eigenvalue weighted by Crippen LogP contribution is 2.13. The number of methoxy groups -OCH3 is 1. The van der Waals surface area contributed by atoms with Crippen LogP contribution in [0.4, 0.5) is 0 Å². The molecule has 0 saturated carbocycles. The Hall–Kier alpha value is -1.09. The number of hydrogen-bond acceptors (Lipinski definition) is 4. The predicted molar refractivity (Wildman–Crippen MR) is 114 cm³/mol. The third-order valence-electron chi connectivity index (χ3n) is 4.37. The van der Waals surface area contributed by atoms with Crippen molar-refractivity contribution >= 4 is 29.9 Å². The van der Waals surface area contributed by atoms with Gasteiger partial charge in [-0.25, -0.2) is 9.98 Å². The first-order valence-corrected chi connectivity index (χ1v) is 8.90. The van der Waals surface area contributed by atoms with E-state index >= 15 is 0 Å². The maximum absolute atomic E-state index is 5.08. The summed E-state index contributed by atoms with van der Waals surface area (Å²) in [6.07, 6.45) is 4.13. The summed E-state index contributed by atoms with van der Waals surface area (Å²) in [5.41, 5.74) is 1.07. The van der Waals surface area contributed by atoms with Crippen molar-refractivity contribution in [1.29, 1.82) is 0 Å². The molecule has 0 bridgehead atoms. The zero-order chi connectivity index (χ0) is 17.4. The molecular formula is C18H32IN5O. The molecule has 0 amide bonds. The summed E-state index contributed by atoms with van der Waals surface area (Å²) in [5, 5.41) is 6.91. The third-order valence-corrected chi connectivity index (χ3v) is 4.37. The molecule has 0 aliphatic carbocycles. The minimum Gasteiger partial charge on any atom is -0.481 e. The monoisotopic (exact) mass is 461 g/mol. The molecule has 1 aliphatic heterocycles. The Morgan fingerprint density at radius 1 is 1.36 bits per heavy atom. The van der Waals surface area contributed by atoms with Crippen LogP contribution in [0.1, 0.15) is 39.2 Å². The summed E-state index contributed by atoms with van der Waals surface area (Å²) >= 11 is 0. The van der Waals surface area contributed by atoms with E-state index in [2.05, 4.69) is 46.3 Å². The molecule has 0 spiro atoms. The van der Waals surface area contributed by atoms with Gasteiger partial charge < -0.3 is 20.3 Å². The first-order chi connectivity index (χ1) is 11.6. The van der Waals surface area contributed by atoms with Crippen LogP contribution in [-0.4, -0.2) is 54.7 Å². The number of guanidine groups is 1. The second-order valence-corrected chi connectivity index (χ2v) is 6.45. The highest BCUT2D eigenvalue weighted by Gasteiger charge is 2.21. The second-order valence-electron chi connectivity index (χ2n) is 6.45. The Morgan fingerprint density at radius 3 is 2.60 bits per heavy atom. The average Bonchev–Trinajstić information content (AvgIpc) is 2.61. The number of aromatic nitrogens is 1. The first-order valence-electron chi connectivity index (χ1n) is 8.90. The summed E-state index contributed by atoms with van der Waals surface area (Å²) in [4.78, 5) is 11.4. The molecule has 1 fully saturated rings. The summed E-state index contributed by atoms with van der Waals surface area (Å²) in [5.74, 6) is 1.51. The van der Waals surface area contributed by atoms with Gasteiger partial charge in [0.25, 0.3) is 0 Å². The van der Waals surface area contributed by atoms with Crippen LogP contribution in [0.15, 0.2) is 23.3 Å². The molecule has 7 heteroatoms. The molecule has 1 aromatic rings. The average molecular weight is 461 g/mol. The van der Waals surface area contributed by atoms with Gasteiger partial charge in [-0.05, 0) is 39.2 Å². The summed E-state index contributed by atoms with van der Waals surface area (Å²) in [6, 6.07) is 4.99. The maximum Gasteiger partial charge on any atom is 0.212 e. The molecule has 0 radical (unpaired) electrons. The van der Waals surface area contributed by atoms with Crippen LogP contribution in [-0.2, 0) is 6.54 Å². The van der Waals surface area contributed by atoms with E-state index in [1.165, 1.54) is 0 Å². The predicted octanol–water partition coefficient (Wildman–Crippen LogP) is 2.64. The Balaban J connectivity index is 0.00000312. The number of likely N-dealkylation sites (tertiary alicyclic amines) is 1. The van der Waals surface area contributed by atoms with E-state index < -0.39 is 0 Å². The number of nitrogens with one attached hydrogen (secondary N) is 2. The fourth-order valence-electron chi connectivity index (χ4n) is 2.87. The van der Waals surface area contributed by atoms with Crippen LogP contribution in [0.2, 0.25) is 0 Å². The number of halogens is 1. The van der Waals surface area contributed by atoms with E-state index in [1.807, 2.05) is 18.3 Å². The van der Waals surface area contributed by atoms with E-state index in [0.29, 0.717) is 24.5 Å². The van der Waals surface area contributed by atoms with E-state index in [1.54, 1.807) is 7.11 Å². The number of pyridine rings is 1. The number of rotatable bonds is 6. The van der Waals surface area contributed by atoms with Gasteiger partial charge >= 0.3 is 0 Å². The number of piperidine rings is 1. The van der Waals surface area contributed by atoms with Gasteiger partial charge in [-0.15, -0.1) is 24.0 Å². The zero-order valence-electron chi connectivity index (χ0n) is 15.8. The number of nitrogens with zero attached hydrogens (tertiary/aromatic N) is 3.